The largest absolute Gasteiger partial charge is 0.507 e. The number of aryl methyl sites for hydroxylation is 1. The normalized spacial score (nSPS) is 38.4. The molecule has 20 atom stereocenters. The van der Waals surface area contributed by atoms with Crippen molar-refractivity contribution >= 4 is 16.9 Å². The maximum atomic E-state index is 14.3. The van der Waals surface area contributed by atoms with Crippen molar-refractivity contribution in [2.75, 3.05) is 20.8 Å². The Morgan fingerprint density at radius 3 is 2.28 bits per heavy atom. The van der Waals surface area contributed by atoms with E-state index in [2.05, 4.69) is 39.8 Å². The van der Waals surface area contributed by atoms with Crippen LogP contribution in [0.5, 0.6) is 11.5 Å². The number of benzene rings is 1. The summed E-state index contributed by atoms with van der Waals surface area (Å²) in [6.07, 6.45) is 10.8. The zero-order valence-corrected chi connectivity index (χ0v) is 49.4. The first-order valence-corrected chi connectivity index (χ1v) is 28.9. The summed E-state index contributed by atoms with van der Waals surface area (Å²) in [7, 11) is 3.22. The second kappa shape index (κ2) is 26.2. The predicted molar refractivity (Wildman–Crippen MR) is 301 cm³/mol. The van der Waals surface area contributed by atoms with Gasteiger partial charge in [0.1, 0.15) is 70.3 Å². The van der Waals surface area contributed by atoms with Crippen LogP contribution >= 0.6 is 0 Å². The van der Waals surface area contributed by atoms with Gasteiger partial charge in [0.15, 0.2) is 23.8 Å². The van der Waals surface area contributed by atoms with Gasteiger partial charge in [-0.25, -0.2) is 0 Å². The summed E-state index contributed by atoms with van der Waals surface area (Å²) >= 11 is 0. The maximum absolute atomic E-state index is 14.3. The van der Waals surface area contributed by atoms with Gasteiger partial charge in [0.25, 0.3) is 0 Å². The molecule has 1 aromatic carbocycles. The zero-order chi connectivity index (χ0) is 58.8. The number of aliphatic hydroxyl groups is 3. The smallest absolute Gasteiger partial charge is 0.316 e. The molecule has 2 bridgehead atoms. The number of esters is 1. The fourth-order valence-corrected chi connectivity index (χ4v) is 12.5. The van der Waals surface area contributed by atoms with Crippen molar-refractivity contribution in [3.8, 4) is 11.5 Å². The third-order valence-electron chi connectivity index (χ3n) is 17.4. The average Bonchev–Trinajstić information content (AvgIpc) is 3.93. The number of rotatable bonds is 10. The fraction of sp³-hybridized carbons (Fsp3) is 0.651. The lowest BCUT2D eigenvalue weighted by Crippen LogP contribution is -2.58. The van der Waals surface area contributed by atoms with Crippen LogP contribution < -0.4 is 5.43 Å². The van der Waals surface area contributed by atoms with Gasteiger partial charge in [-0.1, -0.05) is 82.2 Å². The van der Waals surface area contributed by atoms with Crippen molar-refractivity contribution < 1.29 is 82.1 Å². The van der Waals surface area contributed by atoms with Gasteiger partial charge in [-0.15, -0.1) is 0 Å². The van der Waals surface area contributed by atoms with Gasteiger partial charge in [0, 0.05) is 69.4 Å². The number of hydrogen-bond acceptors (Lipinski definition) is 18. The minimum absolute atomic E-state index is 0.0317. The highest BCUT2D eigenvalue weighted by atomic mass is 16.7. The summed E-state index contributed by atoms with van der Waals surface area (Å²) in [5.41, 5.74) is 1.42. The van der Waals surface area contributed by atoms with Crippen LogP contribution in [0, 0.1) is 30.6 Å². The summed E-state index contributed by atoms with van der Waals surface area (Å²) in [6, 6.07) is 2.70. The quantitative estimate of drug-likeness (QED) is 0.111. The minimum Gasteiger partial charge on any atom is -0.507 e. The predicted octanol–water partition coefficient (Wildman–Crippen LogP) is 8.40. The lowest BCUT2D eigenvalue weighted by Gasteiger charge is -2.48. The van der Waals surface area contributed by atoms with Gasteiger partial charge in [0.05, 0.1) is 49.3 Å². The standard InChI is InChI=1S/C48H72O14.C15H16O4/c1-11-25(2)43-28(5)17-18-47(62-43)23-34-20-33(61-47)16-15-27(4)42(26(3)13-12-14-32-24-55-45-40(49)29(6)19-35(46(51)58-34)48(32,45)52)59-39-22-37(54-10)44(31(8)57-39)60-38-21-36(53-9)41(50)30(7)56-38;1-8(2)4-5-10-11(16)7-13-14(15(10)18)12(17)6-9(3)19-13/h12-15,17-19,25-26,28,30-31,33-45,49-50,52H,11,16,20-24H2,1-10H3;4,6-7,16,18H,5H2,1-3H3. The number of methoxy groups -OCH3 is 2. The van der Waals surface area contributed by atoms with E-state index in [-0.39, 0.29) is 70.6 Å². The number of fused-ring (bicyclic) bond motifs is 3. The number of phenolic OH excluding ortho intramolecular Hbond substituents is 2. The van der Waals surface area contributed by atoms with E-state index >= 15 is 0 Å². The van der Waals surface area contributed by atoms with Crippen molar-refractivity contribution in [1.82, 2.24) is 0 Å². The van der Waals surface area contributed by atoms with Crippen molar-refractivity contribution in [2.45, 2.75) is 218 Å². The number of hydrogen-bond donors (Lipinski definition) is 5. The van der Waals surface area contributed by atoms with Gasteiger partial charge in [-0.2, -0.15) is 0 Å². The van der Waals surface area contributed by atoms with Crippen molar-refractivity contribution in [3.05, 3.63) is 105 Å². The number of allylic oxidation sites excluding steroid dienone is 4. The lowest BCUT2D eigenvalue weighted by atomic mass is 9.71. The molecule has 7 heterocycles. The van der Waals surface area contributed by atoms with E-state index in [1.807, 2.05) is 52.0 Å². The van der Waals surface area contributed by atoms with Crippen LogP contribution in [-0.2, 0) is 58.6 Å². The minimum atomic E-state index is -1.84. The zero-order valence-electron chi connectivity index (χ0n) is 49.4. The number of phenols is 2. The molecule has 4 saturated heterocycles. The summed E-state index contributed by atoms with van der Waals surface area (Å²) in [6.45, 7) is 21.6. The van der Waals surface area contributed by atoms with Crippen molar-refractivity contribution in [3.63, 3.8) is 0 Å². The molecule has 18 heteroatoms. The SMILES string of the molecule is CC(C)=CCc1c(O)cc2oc(C)cc(=O)c2c1O.CCC(C)C1OC2(C=CC1C)CC1CC(CC=C(C)C(OC3CC(OC)C(OC4CC(OC)C(O)C(C)O4)C(C)O3)C(C)C=CC=C3COC4C(O)C(C)=CC(C(=O)O1)C34O)O2. The first kappa shape index (κ1) is 62.5. The molecule has 81 heavy (non-hydrogen) atoms. The van der Waals surface area contributed by atoms with E-state index in [9.17, 15) is 35.1 Å². The Kier molecular flexibility index (Phi) is 20.2. The van der Waals surface area contributed by atoms with E-state index in [4.69, 9.17) is 51.8 Å². The van der Waals surface area contributed by atoms with E-state index in [1.165, 1.54) is 12.1 Å². The Bertz CT molecular complexity index is 2790. The van der Waals surface area contributed by atoms with Crippen LogP contribution in [-0.4, -0.2) is 150 Å². The van der Waals surface area contributed by atoms with Crippen molar-refractivity contribution in [2.24, 2.45) is 23.7 Å². The molecule has 7 aliphatic rings. The molecule has 1 aliphatic carbocycles. The molecule has 20 unspecified atom stereocenters. The van der Waals surface area contributed by atoms with E-state index in [0.29, 0.717) is 61.0 Å². The first-order valence-electron chi connectivity index (χ1n) is 28.9. The number of carbonyl (C=O) groups is 1. The molecule has 0 amide bonds. The monoisotopic (exact) mass is 1130 g/mol. The molecule has 4 fully saturated rings. The van der Waals surface area contributed by atoms with Crippen LogP contribution in [0.3, 0.4) is 0 Å². The number of aliphatic hydroxyl groups excluding tert-OH is 2. The average molecular weight is 1130 g/mol. The Labute approximate surface area is 476 Å². The topological polar surface area (TPSA) is 241 Å². The Balaban J connectivity index is 0.000000381. The maximum Gasteiger partial charge on any atom is 0.316 e. The second-order valence-corrected chi connectivity index (χ2v) is 23.8. The highest BCUT2D eigenvalue weighted by Crippen LogP contribution is 2.47. The van der Waals surface area contributed by atoms with Crippen LogP contribution in [0.25, 0.3) is 11.0 Å². The molecular weight excluding hydrogens is 1040 g/mol. The molecular formula is C63H88O18. The second-order valence-electron chi connectivity index (χ2n) is 23.8. The molecule has 1 spiro atoms. The van der Waals surface area contributed by atoms with Gasteiger partial charge in [-0.05, 0) is 90.0 Å². The Morgan fingerprint density at radius 1 is 0.877 bits per heavy atom. The molecule has 5 N–H and O–H groups in total. The van der Waals surface area contributed by atoms with E-state index in [0.717, 1.165) is 17.6 Å². The molecule has 1 aromatic heterocycles. The highest BCUT2D eigenvalue weighted by molar-refractivity contribution is 5.87. The van der Waals surface area contributed by atoms with Crippen LogP contribution in [0.4, 0.5) is 0 Å². The summed E-state index contributed by atoms with van der Waals surface area (Å²) in [4.78, 5) is 26.3. The van der Waals surface area contributed by atoms with Gasteiger partial charge in [0.2, 0.25) is 0 Å². The summed E-state index contributed by atoms with van der Waals surface area (Å²) in [5, 5.41) is 54.4. The van der Waals surface area contributed by atoms with Crippen molar-refractivity contribution in [1.29, 1.82) is 0 Å². The summed E-state index contributed by atoms with van der Waals surface area (Å²) in [5.74, 6) is -2.41. The molecule has 448 valence electrons. The van der Waals surface area contributed by atoms with Gasteiger partial charge >= 0.3 is 5.97 Å². The third-order valence-corrected chi connectivity index (χ3v) is 17.4. The molecule has 0 radical (unpaired) electrons. The summed E-state index contributed by atoms with van der Waals surface area (Å²) < 4.78 is 69.0. The Morgan fingerprint density at radius 2 is 1.58 bits per heavy atom. The first-order chi connectivity index (χ1) is 38.4. The Hall–Kier alpha value is -4.54. The van der Waals surface area contributed by atoms with E-state index < -0.39 is 90.8 Å². The van der Waals surface area contributed by atoms with Crippen LogP contribution in [0.2, 0.25) is 0 Å². The van der Waals surface area contributed by atoms with Gasteiger partial charge < -0.3 is 77.3 Å². The molecule has 0 saturated carbocycles. The lowest BCUT2D eigenvalue weighted by molar-refractivity contribution is -0.318. The molecule has 2 aromatic rings. The molecule has 18 nitrogen and oxygen atoms in total. The fourth-order valence-electron chi connectivity index (χ4n) is 12.5. The van der Waals surface area contributed by atoms with E-state index in [1.54, 1.807) is 47.1 Å². The number of ether oxygens (including phenoxy) is 10. The molecule has 6 aliphatic heterocycles. The van der Waals surface area contributed by atoms with Crippen LogP contribution in [0.1, 0.15) is 119 Å². The van der Waals surface area contributed by atoms with Crippen LogP contribution in [0.15, 0.2) is 92.2 Å². The third kappa shape index (κ3) is 13.5. The number of carbonyl (C=O) groups excluding carboxylic acids is 1. The highest BCUT2D eigenvalue weighted by Gasteiger charge is 2.60. The molecule has 9 rings (SSSR count). The number of aromatic hydroxyl groups is 2. The van der Waals surface area contributed by atoms with Gasteiger partial charge in [-0.3, -0.25) is 9.59 Å².